The Bertz CT molecular complexity index is 359. The molecule has 5 heteroatoms. The Morgan fingerprint density at radius 2 is 2.27 bits per heavy atom. The van der Waals surface area contributed by atoms with Crippen molar-refractivity contribution in [3.63, 3.8) is 0 Å². The number of hydrogen-bond donors (Lipinski definition) is 1. The molecule has 0 bridgehead atoms. The molecular weight excluding hydrogens is 392 g/mol. The summed E-state index contributed by atoms with van der Waals surface area (Å²) < 4.78 is 1.80. The van der Waals surface area contributed by atoms with Gasteiger partial charge >= 0.3 is 0 Å². The molecule has 0 aliphatic rings. The summed E-state index contributed by atoms with van der Waals surface area (Å²) in [6, 6.07) is 5.17. The molecule has 1 aromatic rings. The van der Waals surface area contributed by atoms with Crippen molar-refractivity contribution < 1.29 is 4.79 Å². The minimum atomic E-state index is -0.0887. The summed E-state index contributed by atoms with van der Waals surface area (Å²) in [6.45, 7) is 0.695. The van der Waals surface area contributed by atoms with Gasteiger partial charge in [-0.05, 0) is 40.5 Å². The highest BCUT2D eigenvalue weighted by atomic mass is 127. The van der Waals surface area contributed by atoms with Crippen LogP contribution in [0, 0.1) is 0 Å². The third kappa shape index (κ3) is 4.28. The highest BCUT2D eigenvalue weighted by Gasteiger charge is 2.09. The average molecular weight is 402 g/mol. The quantitative estimate of drug-likeness (QED) is 0.465. The van der Waals surface area contributed by atoms with Crippen molar-refractivity contribution in [3.8, 4) is 0 Å². The summed E-state index contributed by atoms with van der Waals surface area (Å²) in [7, 11) is 0. The molecule has 0 aliphatic carbocycles. The zero-order chi connectivity index (χ0) is 11.3. The van der Waals surface area contributed by atoms with Gasteiger partial charge in [-0.3, -0.25) is 4.79 Å². The maximum atomic E-state index is 11.7. The highest BCUT2D eigenvalue weighted by molar-refractivity contribution is 14.1. The van der Waals surface area contributed by atoms with Gasteiger partial charge in [-0.2, -0.15) is 0 Å². The largest absolute Gasteiger partial charge is 0.352 e. The van der Waals surface area contributed by atoms with E-state index >= 15 is 0 Å². The molecule has 0 radical (unpaired) electrons. The van der Waals surface area contributed by atoms with E-state index in [1.165, 1.54) is 0 Å². The van der Waals surface area contributed by atoms with E-state index in [9.17, 15) is 4.79 Å². The van der Waals surface area contributed by atoms with Crippen LogP contribution in [0.5, 0.6) is 0 Å². The predicted molar refractivity (Wildman–Crippen MR) is 75.0 cm³/mol. The van der Waals surface area contributed by atoms with Crippen LogP contribution in [0.15, 0.2) is 22.7 Å². The van der Waals surface area contributed by atoms with Gasteiger partial charge in [-0.25, -0.2) is 0 Å². The van der Waals surface area contributed by atoms with Crippen molar-refractivity contribution in [1.82, 2.24) is 5.32 Å². The van der Waals surface area contributed by atoms with E-state index in [-0.39, 0.29) is 5.91 Å². The molecular formula is C10H10BrClINO. The van der Waals surface area contributed by atoms with E-state index in [1.54, 1.807) is 18.2 Å². The standard InChI is InChI=1S/C10H10BrClINO/c11-9-3-2-7(12)6-8(9)10(15)14-5-1-4-13/h2-3,6H,1,4-5H2,(H,14,15). The van der Waals surface area contributed by atoms with Crippen LogP contribution in [0.2, 0.25) is 5.02 Å². The van der Waals surface area contributed by atoms with Crippen LogP contribution in [0.25, 0.3) is 0 Å². The number of rotatable bonds is 4. The van der Waals surface area contributed by atoms with Gasteiger partial charge < -0.3 is 5.32 Å². The predicted octanol–water partition coefficient (Wildman–Crippen LogP) is 3.66. The Hall–Kier alpha value is 0.190. The second kappa shape index (κ2) is 6.70. The SMILES string of the molecule is O=C(NCCCI)c1cc(Cl)ccc1Br. The lowest BCUT2D eigenvalue weighted by atomic mass is 10.2. The van der Waals surface area contributed by atoms with Crippen LogP contribution in [0.4, 0.5) is 0 Å². The molecule has 0 aromatic heterocycles. The first-order valence-corrected chi connectivity index (χ1v) is 7.14. The second-order valence-corrected chi connectivity index (χ2v) is 5.29. The first kappa shape index (κ1) is 13.3. The van der Waals surface area contributed by atoms with Gasteiger partial charge in [0.25, 0.3) is 5.91 Å². The maximum absolute atomic E-state index is 11.7. The summed E-state index contributed by atoms with van der Waals surface area (Å²) in [5, 5.41) is 3.40. The lowest BCUT2D eigenvalue weighted by Gasteiger charge is -2.06. The van der Waals surface area contributed by atoms with Gasteiger partial charge in [-0.15, -0.1) is 0 Å². The number of hydrogen-bond acceptors (Lipinski definition) is 1. The molecule has 0 saturated heterocycles. The summed E-state index contributed by atoms with van der Waals surface area (Å²) in [5.74, 6) is -0.0887. The maximum Gasteiger partial charge on any atom is 0.252 e. The molecule has 82 valence electrons. The zero-order valence-corrected chi connectivity index (χ0v) is 12.4. The molecule has 1 N–H and O–H groups in total. The zero-order valence-electron chi connectivity index (χ0n) is 7.90. The Morgan fingerprint density at radius 1 is 1.53 bits per heavy atom. The summed E-state index contributed by atoms with van der Waals surface area (Å²) in [5.41, 5.74) is 0.580. The average Bonchev–Trinajstić information content (AvgIpc) is 2.22. The van der Waals surface area contributed by atoms with E-state index in [1.807, 2.05) is 0 Å². The lowest BCUT2D eigenvalue weighted by molar-refractivity contribution is 0.0953. The Morgan fingerprint density at radius 3 is 2.93 bits per heavy atom. The third-order valence-electron chi connectivity index (χ3n) is 1.77. The van der Waals surface area contributed by atoms with Crippen molar-refractivity contribution in [3.05, 3.63) is 33.3 Å². The van der Waals surface area contributed by atoms with E-state index < -0.39 is 0 Å². The molecule has 0 saturated carbocycles. The molecule has 2 nitrogen and oxygen atoms in total. The van der Waals surface area contributed by atoms with Crippen molar-refractivity contribution in [2.75, 3.05) is 11.0 Å². The summed E-state index contributed by atoms with van der Waals surface area (Å²) in [4.78, 5) is 11.7. The number of carbonyl (C=O) groups excluding carboxylic acids is 1. The van der Waals surface area contributed by atoms with Crippen molar-refractivity contribution in [2.45, 2.75) is 6.42 Å². The molecule has 15 heavy (non-hydrogen) atoms. The molecule has 0 spiro atoms. The molecule has 1 aromatic carbocycles. The normalized spacial score (nSPS) is 10.1. The number of nitrogens with one attached hydrogen (secondary N) is 1. The summed E-state index contributed by atoms with van der Waals surface area (Å²) in [6.07, 6.45) is 0.977. The van der Waals surface area contributed by atoms with Crippen LogP contribution in [-0.4, -0.2) is 16.9 Å². The van der Waals surface area contributed by atoms with Crippen molar-refractivity contribution >= 4 is 56.0 Å². The fraction of sp³-hybridized carbons (Fsp3) is 0.300. The molecule has 0 atom stereocenters. The van der Waals surface area contributed by atoms with E-state index in [2.05, 4.69) is 43.8 Å². The van der Waals surface area contributed by atoms with Crippen LogP contribution in [0.3, 0.4) is 0 Å². The third-order valence-corrected chi connectivity index (χ3v) is 3.46. The lowest BCUT2D eigenvalue weighted by Crippen LogP contribution is -2.24. The molecule has 1 amide bonds. The van der Waals surface area contributed by atoms with E-state index in [0.29, 0.717) is 17.1 Å². The highest BCUT2D eigenvalue weighted by Crippen LogP contribution is 2.20. The van der Waals surface area contributed by atoms with Gasteiger partial charge in [0.05, 0.1) is 5.56 Å². The first-order valence-electron chi connectivity index (χ1n) is 4.44. The number of halogens is 3. The van der Waals surface area contributed by atoms with Gasteiger partial charge in [0.15, 0.2) is 0 Å². The van der Waals surface area contributed by atoms with Gasteiger partial charge in [0.1, 0.15) is 0 Å². The smallest absolute Gasteiger partial charge is 0.252 e. The Labute approximate surface area is 116 Å². The fourth-order valence-electron chi connectivity index (χ4n) is 1.04. The second-order valence-electron chi connectivity index (χ2n) is 2.92. The van der Waals surface area contributed by atoms with Gasteiger partial charge in [0, 0.05) is 20.5 Å². The Balaban J connectivity index is 2.68. The van der Waals surface area contributed by atoms with Crippen LogP contribution >= 0.6 is 50.1 Å². The first-order chi connectivity index (χ1) is 7.15. The minimum absolute atomic E-state index is 0.0887. The van der Waals surface area contributed by atoms with E-state index in [0.717, 1.165) is 15.3 Å². The monoisotopic (exact) mass is 401 g/mol. The van der Waals surface area contributed by atoms with Crippen molar-refractivity contribution in [1.29, 1.82) is 0 Å². The van der Waals surface area contributed by atoms with Crippen molar-refractivity contribution in [2.24, 2.45) is 0 Å². The summed E-state index contributed by atoms with van der Waals surface area (Å²) >= 11 is 11.4. The molecule has 1 rings (SSSR count). The molecule has 0 fully saturated rings. The fourth-order valence-corrected chi connectivity index (χ4v) is 2.02. The van der Waals surface area contributed by atoms with Crippen LogP contribution < -0.4 is 5.32 Å². The number of amides is 1. The number of carbonyl (C=O) groups is 1. The number of benzene rings is 1. The molecule has 0 unspecified atom stereocenters. The van der Waals surface area contributed by atoms with E-state index in [4.69, 9.17) is 11.6 Å². The molecule has 0 aliphatic heterocycles. The van der Waals surface area contributed by atoms with Crippen LogP contribution in [-0.2, 0) is 0 Å². The molecule has 0 heterocycles. The van der Waals surface area contributed by atoms with Gasteiger partial charge in [0.2, 0.25) is 0 Å². The topological polar surface area (TPSA) is 29.1 Å². The van der Waals surface area contributed by atoms with Gasteiger partial charge in [-0.1, -0.05) is 34.2 Å². The van der Waals surface area contributed by atoms with Crippen LogP contribution in [0.1, 0.15) is 16.8 Å². The Kier molecular flexibility index (Phi) is 5.92. The minimum Gasteiger partial charge on any atom is -0.352 e. The number of alkyl halides is 1.